The van der Waals surface area contributed by atoms with Crippen molar-refractivity contribution in [1.29, 1.82) is 0 Å². The number of rotatable bonds is 5. The van der Waals surface area contributed by atoms with Crippen LogP contribution in [0.2, 0.25) is 0 Å². The van der Waals surface area contributed by atoms with Crippen LogP contribution in [-0.4, -0.2) is 12.0 Å². The molecular weight excluding hydrogens is 214 g/mol. The van der Waals surface area contributed by atoms with Gasteiger partial charge in [-0.3, -0.25) is 4.79 Å². The normalized spacial score (nSPS) is 10.9. The molecule has 0 radical (unpaired) electrons. The van der Waals surface area contributed by atoms with Crippen molar-refractivity contribution in [1.82, 2.24) is 0 Å². The number of amides is 1. The van der Waals surface area contributed by atoms with Crippen molar-refractivity contribution in [3.63, 3.8) is 0 Å². The fraction of sp³-hybridized carbons (Fsp3) is 0.500. The van der Waals surface area contributed by atoms with E-state index in [-0.39, 0.29) is 17.9 Å². The molecule has 17 heavy (non-hydrogen) atoms. The van der Waals surface area contributed by atoms with Crippen LogP contribution in [0.5, 0.6) is 0 Å². The fourth-order valence-corrected chi connectivity index (χ4v) is 1.23. The van der Waals surface area contributed by atoms with E-state index in [0.717, 1.165) is 11.3 Å². The maximum absolute atomic E-state index is 11.5. The molecule has 0 saturated carbocycles. The second kappa shape index (κ2) is 6.40. The maximum Gasteiger partial charge on any atom is 0.226 e. The minimum absolute atomic E-state index is 0.000971. The number of carbonyl (C=O) groups excluding carboxylic acids is 1. The number of carbonyl (C=O) groups is 1. The second-order valence-electron chi connectivity index (χ2n) is 4.70. The number of hydrogen-bond acceptors (Lipinski definition) is 2. The Hall–Kier alpha value is -1.35. The predicted molar refractivity (Wildman–Crippen MR) is 69.8 cm³/mol. The Balaban J connectivity index is 2.53. The van der Waals surface area contributed by atoms with E-state index in [0.29, 0.717) is 6.61 Å². The Bertz CT molecular complexity index is 355. The van der Waals surface area contributed by atoms with Gasteiger partial charge in [0.15, 0.2) is 0 Å². The molecule has 0 bridgehead atoms. The SMILES string of the molecule is CC(C)OCc1ccc(NC(=O)C(C)C)cc1. The van der Waals surface area contributed by atoms with E-state index >= 15 is 0 Å². The Kier molecular flexibility index (Phi) is 5.16. The zero-order valence-corrected chi connectivity index (χ0v) is 11.0. The number of benzene rings is 1. The Morgan fingerprint density at radius 1 is 1.18 bits per heavy atom. The molecule has 0 aliphatic rings. The first-order valence-corrected chi connectivity index (χ1v) is 6.00. The summed E-state index contributed by atoms with van der Waals surface area (Å²) >= 11 is 0. The summed E-state index contributed by atoms with van der Waals surface area (Å²) in [6, 6.07) is 7.75. The highest BCUT2D eigenvalue weighted by Crippen LogP contribution is 2.12. The third kappa shape index (κ3) is 5.00. The van der Waals surface area contributed by atoms with E-state index in [4.69, 9.17) is 4.74 Å². The van der Waals surface area contributed by atoms with Gasteiger partial charge < -0.3 is 10.1 Å². The molecule has 1 aromatic carbocycles. The minimum atomic E-state index is -0.000971. The van der Waals surface area contributed by atoms with Crippen molar-refractivity contribution in [2.24, 2.45) is 5.92 Å². The smallest absolute Gasteiger partial charge is 0.226 e. The number of ether oxygens (including phenoxy) is 1. The highest BCUT2D eigenvalue weighted by molar-refractivity contribution is 5.91. The lowest BCUT2D eigenvalue weighted by Crippen LogP contribution is -2.17. The summed E-state index contributed by atoms with van der Waals surface area (Å²) in [5, 5.41) is 2.85. The van der Waals surface area contributed by atoms with E-state index in [1.54, 1.807) is 0 Å². The monoisotopic (exact) mass is 235 g/mol. The molecule has 0 heterocycles. The van der Waals surface area contributed by atoms with Crippen LogP contribution in [0.25, 0.3) is 0 Å². The third-order valence-corrected chi connectivity index (χ3v) is 2.33. The van der Waals surface area contributed by atoms with Gasteiger partial charge in [0.05, 0.1) is 12.7 Å². The Morgan fingerprint density at radius 3 is 2.24 bits per heavy atom. The van der Waals surface area contributed by atoms with Gasteiger partial charge in [0, 0.05) is 11.6 Å². The van der Waals surface area contributed by atoms with Crippen LogP contribution in [0.3, 0.4) is 0 Å². The van der Waals surface area contributed by atoms with Crippen molar-refractivity contribution in [2.75, 3.05) is 5.32 Å². The summed E-state index contributed by atoms with van der Waals surface area (Å²) < 4.78 is 5.50. The van der Waals surface area contributed by atoms with Crippen LogP contribution in [-0.2, 0) is 16.1 Å². The van der Waals surface area contributed by atoms with Crippen LogP contribution in [0, 0.1) is 5.92 Å². The number of nitrogens with one attached hydrogen (secondary N) is 1. The molecule has 3 nitrogen and oxygen atoms in total. The van der Waals surface area contributed by atoms with Gasteiger partial charge in [0.25, 0.3) is 0 Å². The molecule has 0 aromatic heterocycles. The molecule has 0 unspecified atom stereocenters. The van der Waals surface area contributed by atoms with Gasteiger partial charge in [-0.15, -0.1) is 0 Å². The van der Waals surface area contributed by atoms with E-state index in [2.05, 4.69) is 5.32 Å². The van der Waals surface area contributed by atoms with Crippen molar-refractivity contribution in [3.05, 3.63) is 29.8 Å². The highest BCUT2D eigenvalue weighted by Gasteiger charge is 2.06. The maximum atomic E-state index is 11.5. The average molecular weight is 235 g/mol. The molecule has 1 N–H and O–H groups in total. The first-order chi connectivity index (χ1) is 7.99. The molecule has 0 aliphatic carbocycles. The van der Waals surface area contributed by atoms with Crippen LogP contribution in [0.15, 0.2) is 24.3 Å². The largest absolute Gasteiger partial charge is 0.374 e. The van der Waals surface area contributed by atoms with Gasteiger partial charge in [-0.25, -0.2) is 0 Å². The van der Waals surface area contributed by atoms with E-state index in [1.165, 1.54) is 0 Å². The number of anilines is 1. The quantitative estimate of drug-likeness (QED) is 0.851. The minimum Gasteiger partial charge on any atom is -0.374 e. The summed E-state index contributed by atoms with van der Waals surface area (Å²) in [6.07, 6.45) is 0.232. The summed E-state index contributed by atoms with van der Waals surface area (Å²) in [5.74, 6) is 0.0372. The summed E-state index contributed by atoms with van der Waals surface area (Å²) in [5.41, 5.74) is 1.94. The van der Waals surface area contributed by atoms with E-state index < -0.39 is 0 Å². The standard InChI is InChI=1S/C14H21NO2/c1-10(2)14(16)15-13-7-5-12(6-8-13)9-17-11(3)4/h5-8,10-11H,9H2,1-4H3,(H,15,16). The zero-order valence-electron chi connectivity index (χ0n) is 11.0. The zero-order chi connectivity index (χ0) is 12.8. The molecule has 0 atom stereocenters. The molecule has 0 aliphatic heterocycles. The molecule has 3 heteroatoms. The van der Waals surface area contributed by atoms with Crippen LogP contribution < -0.4 is 5.32 Å². The molecule has 1 aromatic rings. The number of hydrogen-bond donors (Lipinski definition) is 1. The van der Waals surface area contributed by atoms with Crippen molar-refractivity contribution >= 4 is 11.6 Å². The summed E-state index contributed by atoms with van der Waals surface area (Å²) in [4.78, 5) is 11.5. The van der Waals surface area contributed by atoms with Gasteiger partial charge in [-0.2, -0.15) is 0 Å². The van der Waals surface area contributed by atoms with Gasteiger partial charge >= 0.3 is 0 Å². The fourth-order valence-electron chi connectivity index (χ4n) is 1.23. The van der Waals surface area contributed by atoms with Crippen molar-refractivity contribution in [2.45, 2.75) is 40.4 Å². The lowest BCUT2D eigenvalue weighted by molar-refractivity contribution is -0.118. The predicted octanol–water partition coefficient (Wildman–Crippen LogP) is 3.21. The lowest BCUT2D eigenvalue weighted by Gasteiger charge is -2.10. The van der Waals surface area contributed by atoms with Crippen LogP contribution in [0.4, 0.5) is 5.69 Å². The molecule has 1 rings (SSSR count). The third-order valence-electron chi connectivity index (χ3n) is 2.33. The first kappa shape index (κ1) is 13.7. The van der Waals surface area contributed by atoms with Crippen LogP contribution in [0.1, 0.15) is 33.3 Å². The molecular formula is C14H21NO2. The topological polar surface area (TPSA) is 38.3 Å². The Labute approximate surface area is 103 Å². The van der Waals surface area contributed by atoms with Crippen molar-refractivity contribution in [3.8, 4) is 0 Å². The average Bonchev–Trinajstić information content (AvgIpc) is 2.28. The van der Waals surface area contributed by atoms with Crippen LogP contribution >= 0.6 is 0 Å². The molecule has 0 fully saturated rings. The first-order valence-electron chi connectivity index (χ1n) is 6.00. The molecule has 0 spiro atoms. The molecule has 0 saturated heterocycles. The van der Waals surface area contributed by atoms with Crippen molar-refractivity contribution < 1.29 is 9.53 Å². The highest BCUT2D eigenvalue weighted by atomic mass is 16.5. The van der Waals surface area contributed by atoms with Gasteiger partial charge in [0.2, 0.25) is 5.91 Å². The molecule has 1 amide bonds. The second-order valence-corrected chi connectivity index (χ2v) is 4.70. The Morgan fingerprint density at radius 2 is 1.76 bits per heavy atom. The summed E-state index contributed by atoms with van der Waals surface area (Å²) in [7, 11) is 0. The van der Waals surface area contributed by atoms with Gasteiger partial charge in [-0.1, -0.05) is 26.0 Å². The summed E-state index contributed by atoms with van der Waals surface area (Å²) in [6.45, 7) is 8.38. The lowest BCUT2D eigenvalue weighted by atomic mass is 10.2. The van der Waals surface area contributed by atoms with E-state index in [9.17, 15) is 4.79 Å². The van der Waals surface area contributed by atoms with Gasteiger partial charge in [-0.05, 0) is 31.5 Å². The van der Waals surface area contributed by atoms with E-state index in [1.807, 2.05) is 52.0 Å². The van der Waals surface area contributed by atoms with Gasteiger partial charge in [0.1, 0.15) is 0 Å². The molecule has 94 valence electrons.